The Hall–Kier alpha value is -3.34. The molecule has 0 atom stereocenters. The molecule has 8 heteroatoms. The summed E-state index contributed by atoms with van der Waals surface area (Å²) < 4.78 is 19.9. The Kier molecular flexibility index (Phi) is 6.17. The van der Waals surface area contributed by atoms with Gasteiger partial charge in [0.15, 0.2) is 12.4 Å². The smallest absolute Gasteiger partial charge is 0.265 e. The number of hydrogen-bond acceptors (Lipinski definition) is 4. The van der Waals surface area contributed by atoms with Crippen molar-refractivity contribution >= 4 is 29.1 Å². The third-order valence-corrected chi connectivity index (χ3v) is 4.92. The van der Waals surface area contributed by atoms with Crippen molar-refractivity contribution in [3.8, 4) is 17.6 Å². The van der Waals surface area contributed by atoms with Crippen LogP contribution in [-0.4, -0.2) is 30.9 Å². The molecule has 7 nitrogen and oxygen atoms in total. The molecule has 1 heterocycles. The summed E-state index contributed by atoms with van der Waals surface area (Å²) in [7, 11) is 0. The number of anilines is 2. The summed E-state index contributed by atoms with van der Waals surface area (Å²) in [5.74, 6) is 3.70. The average molecular weight is 399 g/mol. The van der Waals surface area contributed by atoms with Gasteiger partial charge in [-0.05, 0) is 38.7 Å². The number of halogens is 1. The lowest BCUT2D eigenvalue weighted by Gasteiger charge is -2.29. The predicted octanol–water partition coefficient (Wildman–Crippen LogP) is 2.26. The highest BCUT2D eigenvalue weighted by Crippen LogP contribution is 2.37. The second kappa shape index (κ2) is 8.78. The maximum Gasteiger partial charge on any atom is 0.265 e. The molecule has 2 aliphatic rings. The normalized spacial score (nSPS) is 15.8. The molecule has 0 saturated heterocycles. The topological polar surface area (TPSA) is 102 Å². The minimum Gasteiger partial charge on any atom is -0.481 e. The molecule has 1 aliphatic carbocycles. The van der Waals surface area contributed by atoms with Crippen molar-refractivity contribution in [1.82, 2.24) is 0 Å². The summed E-state index contributed by atoms with van der Waals surface area (Å²) >= 11 is 0. The van der Waals surface area contributed by atoms with Gasteiger partial charge in [0.2, 0.25) is 5.91 Å². The van der Waals surface area contributed by atoms with Crippen LogP contribution in [0.1, 0.15) is 39.0 Å². The Morgan fingerprint density at radius 2 is 2.00 bits per heavy atom. The number of benzene rings is 1. The summed E-state index contributed by atoms with van der Waals surface area (Å²) in [4.78, 5) is 38.0. The van der Waals surface area contributed by atoms with Crippen molar-refractivity contribution < 1.29 is 23.5 Å². The number of nitrogens with zero attached hydrogens (tertiary/aromatic N) is 1. The van der Waals surface area contributed by atoms with E-state index < -0.39 is 17.6 Å². The van der Waals surface area contributed by atoms with Crippen molar-refractivity contribution in [3.63, 3.8) is 0 Å². The van der Waals surface area contributed by atoms with Crippen molar-refractivity contribution in [3.05, 3.63) is 29.1 Å². The van der Waals surface area contributed by atoms with E-state index in [9.17, 15) is 18.8 Å². The third-order valence-electron chi connectivity index (χ3n) is 4.92. The van der Waals surface area contributed by atoms with Crippen LogP contribution in [0, 0.1) is 17.7 Å². The molecular weight excluding hydrogens is 377 g/mol. The van der Waals surface area contributed by atoms with E-state index in [-0.39, 0.29) is 35.1 Å². The lowest BCUT2D eigenvalue weighted by atomic mass is 9.90. The highest BCUT2D eigenvalue weighted by Gasteiger charge is 2.28. The highest BCUT2D eigenvalue weighted by molar-refractivity contribution is 6.10. The molecule has 0 unspecified atom stereocenters. The number of ether oxygens (including phenoxy) is 1. The first-order valence-corrected chi connectivity index (χ1v) is 9.42. The van der Waals surface area contributed by atoms with Crippen LogP contribution in [-0.2, 0) is 14.4 Å². The van der Waals surface area contributed by atoms with Gasteiger partial charge in [0.25, 0.3) is 11.8 Å². The maximum atomic E-state index is 14.6. The van der Waals surface area contributed by atoms with Crippen molar-refractivity contribution in [2.75, 3.05) is 23.4 Å². The number of carbonyl (C=O) groups is 3. The number of nitrogens with two attached hydrogens (primary N) is 1. The number of primary amides is 1. The third kappa shape index (κ3) is 4.40. The first-order valence-electron chi connectivity index (χ1n) is 9.42. The molecule has 29 heavy (non-hydrogen) atoms. The SMILES string of the molecule is CC#CCCN1C(=O)COc2cc(F)c(NC(=O)C3=C(C(N)=O)CCCC3)cc21. The van der Waals surface area contributed by atoms with Gasteiger partial charge in [0, 0.05) is 30.2 Å². The van der Waals surface area contributed by atoms with Crippen molar-refractivity contribution in [2.24, 2.45) is 5.73 Å². The Morgan fingerprint density at radius 3 is 2.69 bits per heavy atom. The molecule has 0 saturated carbocycles. The van der Waals surface area contributed by atoms with Crippen LogP contribution in [0.25, 0.3) is 0 Å². The Bertz CT molecular complexity index is 959. The van der Waals surface area contributed by atoms with E-state index in [2.05, 4.69) is 17.2 Å². The molecule has 3 N–H and O–H groups in total. The van der Waals surface area contributed by atoms with Crippen LogP contribution in [0.2, 0.25) is 0 Å². The minimum absolute atomic E-state index is 0.0967. The van der Waals surface area contributed by atoms with E-state index in [1.165, 1.54) is 11.0 Å². The van der Waals surface area contributed by atoms with E-state index in [0.717, 1.165) is 18.9 Å². The molecule has 1 aromatic carbocycles. The summed E-state index contributed by atoms with van der Waals surface area (Å²) in [5.41, 5.74) is 6.21. The number of hydrogen-bond donors (Lipinski definition) is 2. The number of fused-ring (bicyclic) bond motifs is 1. The Balaban J connectivity index is 1.90. The van der Waals surface area contributed by atoms with Gasteiger partial charge in [-0.25, -0.2) is 4.39 Å². The molecule has 0 bridgehead atoms. The number of amides is 3. The number of rotatable bonds is 5. The highest BCUT2D eigenvalue weighted by atomic mass is 19.1. The second-order valence-electron chi connectivity index (χ2n) is 6.79. The molecule has 0 spiro atoms. The molecule has 0 fully saturated rings. The Labute approximate surface area is 168 Å². The first-order chi connectivity index (χ1) is 13.9. The van der Waals surface area contributed by atoms with Gasteiger partial charge in [-0.15, -0.1) is 11.8 Å². The fraction of sp³-hybridized carbons (Fsp3) is 0.381. The van der Waals surface area contributed by atoms with Crippen LogP contribution >= 0.6 is 0 Å². The van der Waals surface area contributed by atoms with E-state index in [1.54, 1.807) is 6.92 Å². The summed E-state index contributed by atoms with van der Waals surface area (Å²) in [6.45, 7) is 1.84. The van der Waals surface area contributed by atoms with Crippen LogP contribution in [0.15, 0.2) is 23.3 Å². The van der Waals surface area contributed by atoms with Gasteiger partial charge < -0.3 is 20.7 Å². The summed E-state index contributed by atoms with van der Waals surface area (Å²) in [6, 6.07) is 2.51. The lowest BCUT2D eigenvalue weighted by Crippen LogP contribution is -2.39. The van der Waals surface area contributed by atoms with Gasteiger partial charge >= 0.3 is 0 Å². The molecule has 0 aromatic heterocycles. The van der Waals surface area contributed by atoms with Gasteiger partial charge in [0.05, 0.1) is 11.4 Å². The summed E-state index contributed by atoms with van der Waals surface area (Å²) in [6.07, 6.45) is 2.81. The number of carbonyl (C=O) groups excluding carboxylic acids is 3. The van der Waals surface area contributed by atoms with Crippen molar-refractivity contribution in [2.45, 2.75) is 39.0 Å². The average Bonchev–Trinajstić information content (AvgIpc) is 2.70. The zero-order valence-corrected chi connectivity index (χ0v) is 16.1. The number of nitrogens with one attached hydrogen (secondary N) is 1. The first kappa shape index (κ1) is 20.4. The zero-order valence-electron chi connectivity index (χ0n) is 16.1. The standard InChI is InChI=1S/C21H22FN3O4/c1-2-3-6-9-25-17-11-16(15(22)10-18(17)29-12-19(25)26)24-21(28)14-8-5-4-7-13(14)20(23)27/h10-11H,4-9,12H2,1H3,(H2,23,27)(H,24,28). The zero-order chi connectivity index (χ0) is 21.0. The largest absolute Gasteiger partial charge is 0.481 e. The molecule has 3 rings (SSSR count). The van der Waals surface area contributed by atoms with Crippen LogP contribution in [0.3, 0.4) is 0 Å². The van der Waals surface area contributed by atoms with E-state index >= 15 is 0 Å². The van der Waals surface area contributed by atoms with Gasteiger partial charge in [-0.3, -0.25) is 14.4 Å². The molecule has 0 radical (unpaired) electrons. The van der Waals surface area contributed by atoms with E-state index in [4.69, 9.17) is 10.5 Å². The monoisotopic (exact) mass is 399 g/mol. The molecule has 152 valence electrons. The van der Waals surface area contributed by atoms with Crippen molar-refractivity contribution in [1.29, 1.82) is 0 Å². The molecular formula is C21H22FN3O4. The lowest BCUT2D eigenvalue weighted by molar-refractivity contribution is -0.121. The quantitative estimate of drug-likeness (QED) is 0.742. The Morgan fingerprint density at radius 1 is 1.28 bits per heavy atom. The molecule has 3 amide bonds. The fourth-order valence-corrected chi connectivity index (χ4v) is 3.48. The fourth-order valence-electron chi connectivity index (χ4n) is 3.48. The van der Waals surface area contributed by atoms with Gasteiger partial charge in [-0.1, -0.05) is 0 Å². The van der Waals surface area contributed by atoms with E-state index in [1.807, 2.05) is 0 Å². The second-order valence-corrected chi connectivity index (χ2v) is 6.79. The minimum atomic E-state index is -0.697. The summed E-state index contributed by atoms with van der Waals surface area (Å²) in [5, 5.41) is 2.52. The van der Waals surface area contributed by atoms with E-state index in [0.29, 0.717) is 31.5 Å². The van der Waals surface area contributed by atoms with Crippen LogP contribution in [0.4, 0.5) is 15.8 Å². The van der Waals surface area contributed by atoms with Crippen LogP contribution in [0.5, 0.6) is 5.75 Å². The van der Waals surface area contributed by atoms with Gasteiger partial charge in [-0.2, -0.15) is 0 Å². The molecule has 1 aromatic rings. The van der Waals surface area contributed by atoms with Crippen LogP contribution < -0.4 is 20.7 Å². The predicted molar refractivity (Wildman–Crippen MR) is 106 cm³/mol. The van der Waals surface area contributed by atoms with Gasteiger partial charge in [0.1, 0.15) is 5.75 Å². The molecule has 1 aliphatic heterocycles. The maximum absolute atomic E-state index is 14.6.